The van der Waals surface area contributed by atoms with E-state index in [2.05, 4.69) is 31.9 Å². The molecule has 0 saturated carbocycles. The molecule has 5 rings (SSSR count). The van der Waals surface area contributed by atoms with Crippen LogP contribution in [-0.2, 0) is 11.8 Å². The van der Waals surface area contributed by atoms with Crippen molar-refractivity contribution in [1.29, 1.82) is 5.26 Å². The number of aryl methyl sites for hydroxylation is 1. The first kappa shape index (κ1) is 18.1. The second-order valence-electron chi connectivity index (χ2n) is 7.31. The SMILES string of the molecule is Cn1cc(-c2nc3c4cccc(C#N)c4nc(N[C@@H]4CCCCNC4=O)n3n2)cn1. The summed E-state index contributed by atoms with van der Waals surface area (Å²) in [6.45, 7) is 0.671. The predicted molar refractivity (Wildman–Crippen MR) is 109 cm³/mol. The third-order valence-electron chi connectivity index (χ3n) is 5.22. The Hall–Kier alpha value is -4.00. The minimum absolute atomic E-state index is 0.0660. The van der Waals surface area contributed by atoms with Crippen LogP contribution >= 0.6 is 0 Å². The quantitative estimate of drug-likeness (QED) is 0.534. The van der Waals surface area contributed by atoms with Crippen molar-refractivity contribution in [3.8, 4) is 17.5 Å². The molecular weight excluding hydrogens is 382 g/mol. The number of fused-ring (bicyclic) bond motifs is 3. The summed E-state index contributed by atoms with van der Waals surface area (Å²) in [5, 5.41) is 25.2. The molecule has 0 bridgehead atoms. The van der Waals surface area contributed by atoms with Crippen molar-refractivity contribution in [3.63, 3.8) is 0 Å². The fourth-order valence-electron chi connectivity index (χ4n) is 3.71. The number of hydrogen-bond donors (Lipinski definition) is 2. The number of nitrogens with one attached hydrogen (secondary N) is 2. The van der Waals surface area contributed by atoms with Gasteiger partial charge < -0.3 is 10.6 Å². The number of nitrogens with zero attached hydrogens (tertiary/aromatic N) is 7. The van der Waals surface area contributed by atoms with Crippen LogP contribution in [0.3, 0.4) is 0 Å². The van der Waals surface area contributed by atoms with Crippen LogP contribution in [0.5, 0.6) is 0 Å². The number of nitriles is 1. The molecule has 1 aliphatic heterocycles. The average Bonchev–Trinajstić information content (AvgIpc) is 3.33. The summed E-state index contributed by atoms with van der Waals surface area (Å²) in [4.78, 5) is 21.8. The summed E-state index contributed by atoms with van der Waals surface area (Å²) in [6.07, 6.45) is 6.08. The van der Waals surface area contributed by atoms with Gasteiger partial charge in [0.2, 0.25) is 11.9 Å². The third-order valence-corrected chi connectivity index (χ3v) is 5.22. The fraction of sp³-hybridized carbons (Fsp3) is 0.300. The van der Waals surface area contributed by atoms with Gasteiger partial charge in [-0.2, -0.15) is 14.9 Å². The summed E-state index contributed by atoms with van der Waals surface area (Å²) < 4.78 is 3.28. The van der Waals surface area contributed by atoms with Crippen molar-refractivity contribution < 1.29 is 4.79 Å². The molecule has 1 atom stereocenters. The van der Waals surface area contributed by atoms with Gasteiger partial charge in [-0.05, 0) is 31.4 Å². The smallest absolute Gasteiger partial charge is 0.242 e. The van der Waals surface area contributed by atoms with Gasteiger partial charge in [0.1, 0.15) is 12.1 Å². The molecule has 30 heavy (non-hydrogen) atoms. The van der Waals surface area contributed by atoms with Crippen LogP contribution in [0, 0.1) is 11.3 Å². The number of amides is 1. The Morgan fingerprint density at radius 2 is 2.20 bits per heavy atom. The highest BCUT2D eigenvalue weighted by molar-refractivity contribution is 5.96. The van der Waals surface area contributed by atoms with Gasteiger partial charge >= 0.3 is 0 Å². The van der Waals surface area contributed by atoms with Gasteiger partial charge in [0.15, 0.2) is 11.5 Å². The molecule has 10 heteroatoms. The van der Waals surface area contributed by atoms with Crippen molar-refractivity contribution in [1.82, 2.24) is 34.7 Å². The molecule has 1 aromatic carbocycles. The van der Waals surface area contributed by atoms with Gasteiger partial charge in [-0.15, -0.1) is 5.10 Å². The van der Waals surface area contributed by atoms with E-state index in [9.17, 15) is 10.1 Å². The van der Waals surface area contributed by atoms with Gasteiger partial charge in [-0.25, -0.2) is 9.97 Å². The normalized spacial score (nSPS) is 16.9. The Labute approximate surface area is 171 Å². The molecular formula is C20H19N9O. The maximum Gasteiger partial charge on any atom is 0.242 e. The molecule has 1 saturated heterocycles. The Morgan fingerprint density at radius 3 is 3.00 bits per heavy atom. The zero-order valence-corrected chi connectivity index (χ0v) is 16.3. The van der Waals surface area contributed by atoms with Crippen molar-refractivity contribution in [3.05, 3.63) is 36.2 Å². The number of anilines is 1. The van der Waals surface area contributed by atoms with Gasteiger partial charge in [0.25, 0.3) is 0 Å². The van der Waals surface area contributed by atoms with Crippen LogP contribution in [0.1, 0.15) is 24.8 Å². The highest BCUT2D eigenvalue weighted by Crippen LogP contribution is 2.26. The van der Waals surface area contributed by atoms with Crippen molar-refractivity contribution >= 4 is 28.4 Å². The molecule has 0 unspecified atom stereocenters. The van der Waals surface area contributed by atoms with Crippen LogP contribution in [0.2, 0.25) is 0 Å². The van der Waals surface area contributed by atoms with Gasteiger partial charge in [-0.3, -0.25) is 9.48 Å². The molecule has 3 aromatic heterocycles. The average molecular weight is 401 g/mol. The maximum atomic E-state index is 12.5. The van der Waals surface area contributed by atoms with E-state index in [1.165, 1.54) is 0 Å². The third kappa shape index (κ3) is 3.00. The lowest BCUT2D eigenvalue weighted by atomic mass is 10.1. The Balaban J connectivity index is 1.71. The van der Waals surface area contributed by atoms with Gasteiger partial charge in [0, 0.05) is 25.2 Å². The number of para-hydroxylation sites is 1. The van der Waals surface area contributed by atoms with Crippen molar-refractivity contribution in [2.24, 2.45) is 7.05 Å². The molecule has 10 nitrogen and oxygen atoms in total. The fourth-order valence-corrected chi connectivity index (χ4v) is 3.71. The lowest BCUT2D eigenvalue weighted by Gasteiger charge is -2.16. The van der Waals surface area contributed by atoms with Crippen molar-refractivity contribution in [2.75, 3.05) is 11.9 Å². The summed E-state index contributed by atoms with van der Waals surface area (Å²) in [7, 11) is 1.83. The number of benzene rings is 1. The molecule has 4 aromatic rings. The summed E-state index contributed by atoms with van der Waals surface area (Å²) in [5.41, 5.74) is 2.29. The standard InChI is InChI=1S/C20H19N9O/c1-28-11-13(10-23-28)17-26-18-14-6-4-5-12(9-21)16(14)25-20(29(18)27-17)24-15-7-2-3-8-22-19(15)30/h4-6,10-11,15H,2-3,7-8H2,1H3,(H,22,30)(H,24,25)/t15-/m1/s1. The Kier molecular flexibility index (Phi) is 4.28. The first-order valence-electron chi connectivity index (χ1n) is 9.77. The monoisotopic (exact) mass is 401 g/mol. The number of aromatic nitrogens is 6. The largest absolute Gasteiger partial charge is 0.354 e. The Bertz CT molecular complexity index is 1310. The lowest BCUT2D eigenvalue weighted by molar-refractivity contribution is -0.121. The minimum Gasteiger partial charge on any atom is -0.354 e. The topological polar surface area (TPSA) is 126 Å². The first-order chi connectivity index (χ1) is 14.6. The van der Waals surface area contributed by atoms with Crippen LogP contribution in [0.15, 0.2) is 30.6 Å². The zero-order chi connectivity index (χ0) is 20.7. The zero-order valence-electron chi connectivity index (χ0n) is 16.3. The van der Waals surface area contributed by atoms with E-state index < -0.39 is 6.04 Å². The highest BCUT2D eigenvalue weighted by atomic mass is 16.2. The van der Waals surface area contributed by atoms with E-state index in [1.807, 2.05) is 19.3 Å². The number of carbonyl (C=O) groups is 1. The first-order valence-corrected chi connectivity index (χ1v) is 9.77. The maximum absolute atomic E-state index is 12.5. The van der Waals surface area contributed by atoms with E-state index in [1.54, 1.807) is 27.5 Å². The lowest BCUT2D eigenvalue weighted by Crippen LogP contribution is -2.38. The van der Waals surface area contributed by atoms with Gasteiger partial charge in [-0.1, -0.05) is 6.07 Å². The van der Waals surface area contributed by atoms with Crippen LogP contribution in [-0.4, -0.2) is 47.9 Å². The second kappa shape index (κ2) is 7.11. The van der Waals surface area contributed by atoms with E-state index in [4.69, 9.17) is 4.98 Å². The summed E-state index contributed by atoms with van der Waals surface area (Å²) >= 11 is 0. The molecule has 0 spiro atoms. The van der Waals surface area contributed by atoms with E-state index in [0.717, 1.165) is 18.4 Å². The van der Waals surface area contributed by atoms with E-state index in [-0.39, 0.29) is 5.91 Å². The van der Waals surface area contributed by atoms with Crippen LogP contribution in [0.4, 0.5) is 5.95 Å². The molecule has 4 heterocycles. The molecule has 0 radical (unpaired) electrons. The second-order valence-corrected chi connectivity index (χ2v) is 7.31. The van der Waals surface area contributed by atoms with Crippen molar-refractivity contribution in [2.45, 2.75) is 25.3 Å². The molecule has 1 aliphatic rings. The molecule has 0 aliphatic carbocycles. The highest BCUT2D eigenvalue weighted by Gasteiger charge is 2.24. The molecule has 1 amide bonds. The van der Waals surface area contributed by atoms with Crippen LogP contribution in [0.25, 0.3) is 27.9 Å². The number of rotatable bonds is 3. The molecule has 2 N–H and O–H groups in total. The predicted octanol–water partition coefficient (Wildman–Crippen LogP) is 1.63. The van der Waals surface area contributed by atoms with Crippen LogP contribution < -0.4 is 10.6 Å². The summed E-state index contributed by atoms with van der Waals surface area (Å²) in [6, 6.07) is 7.13. The number of hydrogen-bond acceptors (Lipinski definition) is 7. The van der Waals surface area contributed by atoms with E-state index >= 15 is 0 Å². The molecule has 150 valence electrons. The minimum atomic E-state index is -0.430. The number of carbonyl (C=O) groups excluding carboxylic acids is 1. The van der Waals surface area contributed by atoms with E-state index in [0.29, 0.717) is 46.9 Å². The summed E-state index contributed by atoms with van der Waals surface area (Å²) in [5.74, 6) is 0.807. The van der Waals surface area contributed by atoms with Gasteiger partial charge in [0.05, 0.1) is 22.8 Å². The molecule has 1 fully saturated rings. The Morgan fingerprint density at radius 1 is 1.30 bits per heavy atom.